The first kappa shape index (κ1) is 14.0. The van der Waals surface area contributed by atoms with Crippen molar-refractivity contribution in [2.45, 2.75) is 20.0 Å². The molecule has 0 unspecified atom stereocenters. The van der Waals surface area contributed by atoms with Crippen LogP contribution >= 0.6 is 0 Å². The average Bonchev–Trinajstić information content (AvgIpc) is 2.40. The van der Waals surface area contributed by atoms with Crippen LogP contribution in [0.5, 0.6) is 0 Å². The van der Waals surface area contributed by atoms with Gasteiger partial charge in [0, 0.05) is 19.6 Å². The van der Waals surface area contributed by atoms with E-state index in [9.17, 15) is 4.79 Å². The Labute approximate surface area is 114 Å². The minimum Gasteiger partial charge on any atom is -0.458 e. The molecule has 0 aromatic heterocycles. The normalized spacial score (nSPS) is 18.0. The van der Waals surface area contributed by atoms with Gasteiger partial charge in [-0.15, -0.1) is 0 Å². The van der Waals surface area contributed by atoms with E-state index < -0.39 is 0 Å². The molecule has 1 aromatic carbocycles. The smallest absolute Gasteiger partial charge is 0.338 e. The molecule has 1 saturated heterocycles. The van der Waals surface area contributed by atoms with Crippen molar-refractivity contribution in [3.63, 3.8) is 0 Å². The largest absolute Gasteiger partial charge is 0.458 e. The zero-order chi connectivity index (χ0) is 13.7. The van der Waals surface area contributed by atoms with Gasteiger partial charge in [-0.2, -0.15) is 0 Å². The van der Waals surface area contributed by atoms with Crippen LogP contribution in [0, 0.1) is 6.92 Å². The van der Waals surface area contributed by atoms with Crippen molar-refractivity contribution in [3.8, 4) is 0 Å². The summed E-state index contributed by atoms with van der Waals surface area (Å²) in [4.78, 5) is 14.2. The molecule has 0 aliphatic carbocycles. The Hall–Kier alpha value is -1.39. The third-order valence-corrected chi connectivity index (χ3v) is 3.21. The van der Waals surface area contributed by atoms with Gasteiger partial charge in [0.15, 0.2) is 0 Å². The predicted octanol–water partition coefficient (Wildman–Crippen LogP) is 1.87. The van der Waals surface area contributed by atoms with E-state index in [1.807, 2.05) is 26.0 Å². The zero-order valence-corrected chi connectivity index (χ0v) is 11.6. The van der Waals surface area contributed by atoms with Crippen LogP contribution in [-0.2, 0) is 9.47 Å². The molecule has 1 aliphatic heterocycles. The third-order valence-electron chi connectivity index (χ3n) is 3.21. The van der Waals surface area contributed by atoms with E-state index in [1.165, 1.54) is 0 Å². The highest BCUT2D eigenvalue weighted by atomic mass is 16.5. The first-order valence-electron chi connectivity index (χ1n) is 6.73. The Bertz CT molecular complexity index is 410. The van der Waals surface area contributed by atoms with Gasteiger partial charge >= 0.3 is 5.97 Å². The number of carbonyl (C=O) groups is 1. The monoisotopic (exact) mass is 263 g/mol. The van der Waals surface area contributed by atoms with Gasteiger partial charge in [-0.3, -0.25) is 4.90 Å². The van der Waals surface area contributed by atoms with Gasteiger partial charge in [-0.05, 0) is 26.0 Å². The molecule has 0 bridgehead atoms. The molecule has 0 N–H and O–H groups in total. The SMILES string of the molecule is Cc1ccc(C(=O)O[C@H](C)CN2CCOCC2)cc1. The van der Waals surface area contributed by atoms with Crippen LogP contribution in [0.25, 0.3) is 0 Å². The van der Waals surface area contributed by atoms with E-state index in [4.69, 9.17) is 9.47 Å². The van der Waals surface area contributed by atoms with E-state index in [1.54, 1.807) is 12.1 Å². The van der Waals surface area contributed by atoms with Crippen molar-refractivity contribution in [1.29, 1.82) is 0 Å². The number of aryl methyl sites for hydroxylation is 1. The maximum Gasteiger partial charge on any atom is 0.338 e. The number of morpholine rings is 1. The Morgan fingerprint density at radius 1 is 1.32 bits per heavy atom. The van der Waals surface area contributed by atoms with Gasteiger partial charge < -0.3 is 9.47 Å². The second-order valence-electron chi connectivity index (χ2n) is 4.99. The van der Waals surface area contributed by atoms with Gasteiger partial charge in [0.2, 0.25) is 0 Å². The number of hydrogen-bond donors (Lipinski definition) is 0. The van der Waals surface area contributed by atoms with E-state index in [0.29, 0.717) is 5.56 Å². The van der Waals surface area contributed by atoms with Gasteiger partial charge in [-0.1, -0.05) is 17.7 Å². The average molecular weight is 263 g/mol. The molecule has 1 heterocycles. The summed E-state index contributed by atoms with van der Waals surface area (Å²) in [5.41, 5.74) is 1.75. The standard InChI is InChI=1S/C15H21NO3/c1-12-3-5-14(6-4-12)15(17)19-13(2)11-16-7-9-18-10-8-16/h3-6,13H,7-11H2,1-2H3/t13-/m1/s1. The Morgan fingerprint density at radius 3 is 2.58 bits per heavy atom. The summed E-state index contributed by atoms with van der Waals surface area (Å²) >= 11 is 0. The van der Waals surface area contributed by atoms with Crippen molar-refractivity contribution >= 4 is 5.97 Å². The lowest BCUT2D eigenvalue weighted by Gasteiger charge is -2.28. The number of hydrogen-bond acceptors (Lipinski definition) is 4. The van der Waals surface area contributed by atoms with E-state index in [2.05, 4.69) is 4.90 Å². The number of nitrogens with zero attached hydrogens (tertiary/aromatic N) is 1. The van der Waals surface area contributed by atoms with Gasteiger partial charge in [-0.25, -0.2) is 4.79 Å². The molecule has 1 atom stereocenters. The fourth-order valence-electron chi connectivity index (χ4n) is 2.13. The summed E-state index contributed by atoms with van der Waals surface area (Å²) in [5.74, 6) is -0.249. The molecule has 19 heavy (non-hydrogen) atoms. The summed E-state index contributed by atoms with van der Waals surface area (Å²) in [6, 6.07) is 7.45. The topological polar surface area (TPSA) is 38.8 Å². The molecule has 4 nitrogen and oxygen atoms in total. The molecular weight excluding hydrogens is 242 g/mol. The molecule has 1 aromatic rings. The lowest BCUT2D eigenvalue weighted by Crippen LogP contribution is -2.41. The number of esters is 1. The van der Waals surface area contributed by atoms with Crippen LogP contribution in [0.4, 0.5) is 0 Å². The highest BCUT2D eigenvalue weighted by molar-refractivity contribution is 5.89. The summed E-state index contributed by atoms with van der Waals surface area (Å²) in [5, 5.41) is 0. The van der Waals surface area contributed by atoms with Crippen molar-refractivity contribution in [2.75, 3.05) is 32.8 Å². The Kier molecular flexibility index (Phi) is 4.93. The first-order chi connectivity index (χ1) is 9.15. The summed E-state index contributed by atoms with van der Waals surface area (Å²) < 4.78 is 10.8. The molecular formula is C15H21NO3. The molecule has 104 valence electrons. The molecule has 4 heteroatoms. The lowest BCUT2D eigenvalue weighted by molar-refractivity contribution is 0.000448. The minimum absolute atomic E-state index is 0.105. The molecule has 1 fully saturated rings. The van der Waals surface area contributed by atoms with Gasteiger partial charge in [0.25, 0.3) is 0 Å². The van der Waals surface area contributed by atoms with Crippen molar-refractivity contribution in [3.05, 3.63) is 35.4 Å². The molecule has 2 rings (SSSR count). The maximum absolute atomic E-state index is 11.9. The quantitative estimate of drug-likeness (QED) is 0.777. The Morgan fingerprint density at radius 2 is 1.95 bits per heavy atom. The second-order valence-corrected chi connectivity index (χ2v) is 4.99. The summed E-state index contributed by atoms with van der Waals surface area (Å²) in [6.07, 6.45) is -0.105. The van der Waals surface area contributed by atoms with Crippen LogP contribution in [0.15, 0.2) is 24.3 Å². The van der Waals surface area contributed by atoms with Crippen LogP contribution in [0.2, 0.25) is 0 Å². The van der Waals surface area contributed by atoms with Gasteiger partial charge in [0.1, 0.15) is 6.10 Å². The van der Waals surface area contributed by atoms with Crippen LogP contribution in [0.1, 0.15) is 22.8 Å². The Balaban J connectivity index is 1.82. The summed E-state index contributed by atoms with van der Waals surface area (Å²) in [7, 11) is 0. The predicted molar refractivity (Wildman–Crippen MR) is 73.3 cm³/mol. The lowest BCUT2D eigenvalue weighted by atomic mass is 10.1. The molecule has 0 amide bonds. The minimum atomic E-state index is -0.249. The number of rotatable bonds is 4. The highest BCUT2D eigenvalue weighted by Crippen LogP contribution is 2.08. The third kappa shape index (κ3) is 4.33. The fraction of sp³-hybridized carbons (Fsp3) is 0.533. The molecule has 0 saturated carbocycles. The van der Waals surface area contributed by atoms with Crippen molar-refractivity contribution < 1.29 is 14.3 Å². The second kappa shape index (κ2) is 6.68. The van der Waals surface area contributed by atoms with Crippen LogP contribution < -0.4 is 0 Å². The summed E-state index contributed by atoms with van der Waals surface area (Å²) in [6.45, 7) is 8.04. The van der Waals surface area contributed by atoms with E-state index >= 15 is 0 Å². The van der Waals surface area contributed by atoms with E-state index in [-0.39, 0.29) is 12.1 Å². The highest BCUT2D eigenvalue weighted by Gasteiger charge is 2.17. The molecule has 0 spiro atoms. The van der Waals surface area contributed by atoms with Crippen molar-refractivity contribution in [2.24, 2.45) is 0 Å². The number of ether oxygens (including phenoxy) is 2. The fourth-order valence-corrected chi connectivity index (χ4v) is 2.13. The molecule has 1 aliphatic rings. The van der Waals surface area contributed by atoms with Crippen molar-refractivity contribution in [1.82, 2.24) is 4.90 Å². The molecule has 0 radical (unpaired) electrons. The van der Waals surface area contributed by atoms with Crippen LogP contribution in [-0.4, -0.2) is 49.8 Å². The van der Waals surface area contributed by atoms with E-state index in [0.717, 1.165) is 38.4 Å². The number of benzene rings is 1. The number of carbonyl (C=O) groups excluding carboxylic acids is 1. The zero-order valence-electron chi connectivity index (χ0n) is 11.6. The first-order valence-corrected chi connectivity index (χ1v) is 6.73. The maximum atomic E-state index is 11.9. The van der Waals surface area contributed by atoms with Gasteiger partial charge in [0.05, 0.1) is 18.8 Å². The van der Waals surface area contributed by atoms with Crippen LogP contribution in [0.3, 0.4) is 0 Å².